The molecule has 0 unspecified atom stereocenters. The van der Waals surface area contributed by atoms with E-state index in [-0.39, 0.29) is 17.9 Å². The number of piperidine rings is 1. The Morgan fingerprint density at radius 1 is 1.20 bits per heavy atom. The molecule has 0 aromatic carbocycles. The summed E-state index contributed by atoms with van der Waals surface area (Å²) in [5, 5.41) is 4.30. The van der Waals surface area contributed by atoms with Gasteiger partial charge >= 0.3 is 6.03 Å². The molecule has 0 radical (unpaired) electrons. The topological polar surface area (TPSA) is 61.7 Å². The van der Waals surface area contributed by atoms with Crippen LogP contribution < -0.4 is 0 Å². The van der Waals surface area contributed by atoms with Crippen LogP contribution in [0.1, 0.15) is 37.9 Å². The van der Waals surface area contributed by atoms with Crippen molar-refractivity contribution in [2.75, 3.05) is 26.7 Å². The van der Waals surface area contributed by atoms with Gasteiger partial charge in [-0.05, 0) is 25.7 Å². The van der Waals surface area contributed by atoms with Crippen molar-refractivity contribution in [1.29, 1.82) is 0 Å². The lowest BCUT2D eigenvalue weighted by Crippen LogP contribution is -2.55. The number of carbonyl (C=O) groups excluding carboxylic acids is 2. The summed E-state index contributed by atoms with van der Waals surface area (Å²) in [5.41, 5.74) is 1.75. The zero-order valence-electron chi connectivity index (χ0n) is 15.9. The molecule has 2 aliphatic heterocycles. The Labute approximate surface area is 149 Å². The molecule has 0 atom stereocenters. The second kappa shape index (κ2) is 6.44. The number of likely N-dealkylation sites (N-methyl/N-ethyl adjacent to an activating group) is 1. The molecular formula is C18H29N5O2. The predicted molar refractivity (Wildman–Crippen MR) is 94.9 cm³/mol. The number of amides is 3. The van der Waals surface area contributed by atoms with Crippen LogP contribution in [-0.4, -0.2) is 68.6 Å². The van der Waals surface area contributed by atoms with E-state index in [0.29, 0.717) is 19.4 Å². The smallest absolute Gasteiger partial charge is 0.312 e. The summed E-state index contributed by atoms with van der Waals surface area (Å²) in [6, 6.07) is -0.143. The van der Waals surface area contributed by atoms with Gasteiger partial charge in [0.15, 0.2) is 0 Å². The molecule has 3 amide bonds. The fourth-order valence-corrected chi connectivity index (χ4v) is 3.94. The van der Waals surface area contributed by atoms with Gasteiger partial charge in [-0.2, -0.15) is 5.10 Å². The minimum atomic E-state index is -0.646. The number of rotatable bonds is 4. The van der Waals surface area contributed by atoms with E-state index in [1.54, 1.807) is 11.9 Å². The van der Waals surface area contributed by atoms with E-state index in [0.717, 1.165) is 19.6 Å². The molecule has 1 aromatic rings. The van der Waals surface area contributed by atoms with E-state index in [1.165, 1.54) is 16.2 Å². The van der Waals surface area contributed by atoms with Gasteiger partial charge in [0, 0.05) is 51.5 Å². The summed E-state index contributed by atoms with van der Waals surface area (Å²) in [4.78, 5) is 31.0. The number of aryl methyl sites for hydroxylation is 1. The van der Waals surface area contributed by atoms with Crippen LogP contribution in [0.5, 0.6) is 0 Å². The van der Waals surface area contributed by atoms with Crippen LogP contribution in [0.2, 0.25) is 0 Å². The number of aromatic nitrogens is 2. The van der Waals surface area contributed by atoms with Gasteiger partial charge in [-0.25, -0.2) is 4.79 Å². The number of hydrogen-bond donors (Lipinski definition) is 0. The highest BCUT2D eigenvalue weighted by atomic mass is 16.2. The Morgan fingerprint density at radius 2 is 1.84 bits per heavy atom. The number of urea groups is 1. The number of likely N-dealkylation sites (tertiary alicyclic amines) is 1. The summed E-state index contributed by atoms with van der Waals surface area (Å²) >= 11 is 0. The first-order valence-corrected chi connectivity index (χ1v) is 9.06. The summed E-state index contributed by atoms with van der Waals surface area (Å²) in [7, 11) is 3.73. The zero-order valence-corrected chi connectivity index (χ0v) is 15.9. The fraction of sp³-hybridized carbons (Fsp3) is 0.722. The van der Waals surface area contributed by atoms with Crippen LogP contribution in [0, 0.1) is 12.8 Å². The first-order chi connectivity index (χ1) is 11.8. The summed E-state index contributed by atoms with van der Waals surface area (Å²) in [6.45, 7) is 9.11. The zero-order chi connectivity index (χ0) is 18.4. The lowest BCUT2D eigenvalue weighted by molar-refractivity contribution is -0.135. The second-order valence-electron chi connectivity index (χ2n) is 7.84. The highest BCUT2D eigenvalue weighted by Crippen LogP contribution is 2.36. The molecule has 0 saturated carbocycles. The van der Waals surface area contributed by atoms with E-state index in [1.807, 2.05) is 31.8 Å². The van der Waals surface area contributed by atoms with Crippen LogP contribution >= 0.6 is 0 Å². The third-order valence-corrected chi connectivity index (χ3v) is 5.76. The first-order valence-electron chi connectivity index (χ1n) is 9.06. The largest absolute Gasteiger partial charge is 0.327 e. The third kappa shape index (κ3) is 2.94. The Hall–Kier alpha value is -1.89. The normalized spacial score (nSPS) is 21.2. The van der Waals surface area contributed by atoms with Gasteiger partial charge < -0.3 is 4.90 Å². The fourth-order valence-electron chi connectivity index (χ4n) is 3.94. The van der Waals surface area contributed by atoms with Crippen LogP contribution in [0.3, 0.4) is 0 Å². The van der Waals surface area contributed by atoms with E-state index in [4.69, 9.17) is 0 Å². The molecule has 1 spiro atoms. The molecule has 0 N–H and O–H groups in total. The molecule has 3 heterocycles. The Morgan fingerprint density at radius 3 is 2.36 bits per heavy atom. The minimum absolute atomic E-state index is 0.00842. The van der Waals surface area contributed by atoms with Gasteiger partial charge in [0.2, 0.25) is 0 Å². The molecule has 0 aliphatic carbocycles. The molecule has 3 rings (SSSR count). The third-order valence-electron chi connectivity index (χ3n) is 5.76. The quantitative estimate of drug-likeness (QED) is 0.777. The van der Waals surface area contributed by atoms with Gasteiger partial charge in [0.1, 0.15) is 5.54 Å². The molecule has 138 valence electrons. The van der Waals surface area contributed by atoms with Crippen molar-refractivity contribution < 1.29 is 9.59 Å². The lowest BCUT2D eigenvalue weighted by Gasteiger charge is -2.40. The van der Waals surface area contributed by atoms with Gasteiger partial charge in [-0.15, -0.1) is 0 Å². The highest BCUT2D eigenvalue weighted by Gasteiger charge is 2.56. The van der Waals surface area contributed by atoms with Gasteiger partial charge in [-0.1, -0.05) is 13.8 Å². The monoisotopic (exact) mass is 347 g/mol. The minimum Gasteiger partial charge on any atom is -0.312 e. The van der Waals surface area contributed by atoms with Crippen LogP contribution in [-0.2, 0) is 18.4 Å². The molecule has 25 heavy (non-hydrogen) atoms. The molecular weight excluding hydrogens is 318 g/mol. The average Bonchev–Trinajstić information content (AvgIpc) is 2.97. The van der Waals surface area contributed by atoms with Crippen LogP contribution in [0.25, 0.3) is 0 Å². The number of imide groups is 1. The number of nitrogens with zero attached hydrogens (tertiary/aromatic N) is 5. The molecule has 2 aliphatic rings. The lowest BCUT2D eigenvalue weighted by atomic mass is 9.86. The molecule has 0 bridgehead atoms. The van der Waals surface area contributed by atoms with Gasteiger partial charge in [0.25, 0.3) is 5.91 Å². The summed E-state index contributed by atoms with van der Waals surface area (Å²) in [5.74, 6) is 0.274. The van der Waals surface area contributed by atoms with Crippen LogP contribution in [0.4, 0.5) is 4.79 Å². The van der Waals surface area contributed by atoms with E-state index >= 15 is 0 Å². The Bertz CT molecular complexity index is 673. The molecule has 2 fully saturated rings. The summed E-state index contributed by atoms with van der Waals surface area (Å²) in [6.07, 6.45) is 3.31. The molecule has 7 nitrogen and oxygen atoms in total. The first kappa shape index (κ1) is 17.9. The molecule has 1 aromatic heterocycles. The van der Waals surface area contributed by atoms with Crippen LogP contribution in [0.15, 0.2) is 6.20 Å². The van der Waals surface area contributed by atoms with Crippen molar-refractivity contribution in [1.82, 2.24) is 24.5 Å². The second-order valence-corrected chi connectivity index (χ2v) is 7.84. The van der Waals surface area contributed by atoms with E-state index in [9.17, 15) is 9.59 Å². The van der Waals surface area contributed by atoms with Crippen molar-refractivity contribution in [3.8, 4) is 0 Å². The van der Waals surface area contributed by atoms with Crippen molar-refractivity contribution in [3.05, 3.63) is 17.5 Å². The van der Waals surface area contributed by atoms with E-state index < -0.39 is 5.54 Å². The number of hydrogen-bond acceptors (Lipinski definition) is 4. The van der Waals surface area contributed by atoms with Crippen molar-refractivity contribution in [2.45, 2.75) is 45.7 Å². The Kier molecular flexibility index (Phi) is 4.62. The molecule has 2 saturated heterocycles. The maximum Gasteiger partial charge on any atom is 0.327 e. The average molecular weight is 347 g/mol. The van der Waals surface area contributed by atoms with Gasteiger partial charge in [0.05, 0.1) is 6.20 Å². The van der Waals surface area contributed by atoms with Gasteiger partial charge in [-0.3, -0.25) is 19.3 Å². The maximum absolute atomic E-state index is 13.0. The molecule has 7 heteroatoms. The SMILES string of the molecule is Cc1c(CN2CCC3(CC2)C(=O)N(CC(C)C)C(=O)N3C)cnn1C. The standard InChI is InChI=1S/C18H29N5O2/c1-13(2)11-23-16(24)18(20(4)17(23)25)6-8-22(9-7-18)12-15-10-19-21(5)14(15)3/h10,13H,6-9,11-12H2,1-5H3. The number of carbonyl (C=O) groups is 2. The maximum atomic E-state index is 13.0. The van der Waals surface area contributed by atoms with Crippen molar-refractivity contribution >= 4 is 11.9 Å². The van der Waals surface area contributed by atoms with Crippen molar-refractivity contribution in [3.63, 3.8) is 0 Å². The van der Waals surface area contributed by atoms with Crippen molar-refractivity contribution in [2.24, 2.45) is 13.0 Å². The van der Waals surface area contributed by atoms with E-state index in [2.05, 4.69) is 16.9 Å². The Balaban J connectivity index is 1.69. The predicted octanol–water partition coefficient (Wildman–Crippen LogP) is 1.61. The highest BCUT2D eigenvalue weighted by molar-refractivity contribution is 6.07. The summed E-state index contributed by atoms with van der Waals surface area (Å²) < 4.78 is 1.89.